The van der Waals surface area contributed by atoms with Crippen molar-refractivity contribution in [3.8, 4) is 0 Å². The minimum absolute atomic E-state index is 0.0131. The zero-order chi connectivity index (χ0) is 9.94. The van der Waals surface area contributed by atoms with E-state index in [0.717, 1.165) is 12.8 Å². The average molecular weight is 192 g/mol. The number of hydrogen-bond acceptors (Lipinski definition) is 4. The first-order valence-electron chi connectivity index (χ1n) is 4.55. The normalized spacial score (nSPS) is 13.2. The summed E-state index contributed by atoms with van der Waals surface area (Å²) in [4.78, 5) is 0. The maximum Gasteiger partial charge on any atom is 0.104 e. The maximum atomic E-state index is 8.50. The largest absolute Gasteiger partial charge is 0.396 e. The fourth-order valence-corrected chi connectivity index (χ4v) is 0.901. The van der Waals surface area contributed by atoms with Crippen LogP contribution in [0.1, 0.15) is 12.8 Å². The zero-order valence-corrected chi connectivity index (χ0v) is 8.49. The molecule has 0 saturated heterocycles. The van der Waals surface area contributed by atoms with Crippen LogP contribution in [0.3, 0.4) is 0 Å². The van der Waals surface area contributed by atoms with Gasteiger partial charge in [0.2, 0.25) is 0 Å². The lowest BCUT2D eigenvalue weighted by Gasteiger charge is -2.14. The third kappa shape index (κ3) is 8.18. The molecule has 0 saturated carbocycles. The number of rotatable bonds is 9. The molecule has 4 heteroatoms. The van der Waals surface area contributed by atoms with Crippen molar-refractivity contribution in [1.29, 1.82) is 0 Å². The quantitative estimate of drug-likeness (QED) is 0.538. The van der Waals surface area contributed by atoms with E-state index < -0.39 is 0 Å². The van der Waals surface area contributed by atoms with Crippen molar-refractivity contribution in [2.75, 3.05) is 40.6 Å². The van der Waals surface area contributed by atoms with Crippen molar-refractivity contribution in [3.63, 3.8) is 0 Å². The predicted molar refractivity (Wildman–Crippen MR) is 49.8 cm³/mol. The van der Waals surface area contributed by atoms with Gasteiger partial charge in [-0.1, -0.05) is 0 Å². The highest BCUT2D eigenvalue weighted by Crippen LogP contribution is 1.94. The summed E-state index contributed by atoms with van der Waals surface area (Å²) < 4.78 is 15.4. The minimum Gasteiger partial charge on any atom is -0.396 e. The topological polar surface area (TPSA) is 47.9 Å². The molecule has 0 spiro atoms. The summed E-state index contributed by atoms with van der Waals surface area (Å²) in [5, 5.41) is 8.50. The number of aliphatic hydroxyl groups excluding tert-OH is 1. The number of ether oxygens (including phenoxy) is 3. The second-order valence-electron chi connectivity index (χ2n) is 2.82. The van der Waals surface area contributed by atoms with E-state index in [0.29, 0.717) is 19.8 Å². The third-order valence-corrected chi connectivity index (χ3v) is 1.69. The van der Waals surface area contributed by atoms with Crippen LogP contribution in [0.4, 0.5) is 0 Å². The molecule has 4 nitrogen and oxygen atoms in total. The summed E-state index contributed by atoms with van der Waals surface area (Å²) in [5.41, 5.74) is 0. The molecular weight excluding hydrogens is 172 g/mol. The predicted octanol–water partition coefficient (Wildman–Crippen LogP) is 0.437. The van der Waals surface area contributed by atoms with Crippen molar-refractivity contribution in [1.82, 2.24) is 0 Å². The molecule has 0 aliphatic carbocycles. The first kappa shape index (κ1) is 12.8. The number of methoxy groups -OCH3 is 2. The van der Waals surface area contributed by atoms with Crippen LogP contribution in [-0.4, -0.2) is 51.9 Å². The Balaban J connectivity index is 3.17. The van der Waals surface area contributed by atoms with Gasteiger partial charge in [-0.2, -0.15) is 0 Å². The van der Waals surface area contributed by atoms with Gasteiger partial charge >= 0.3 is 0 Å². The Kier molecular flexibility index (Phi) is 9.80. The Bertz CT molecular complexity index is 97.6. The van der Waals surface area contributed by atoms with Crippen LogP contribution in [0.2, 0.25) is 0 Å². The second-order valence-corrected chi connectivity index (χ2v) is 2.82. The standard InChI is InChI=1S/C9H20O4/c1-11-7-9(12-2)8-13-6-4-3-5-10/h9-10H,3-8H2,1-2H3. The molecule has 80 valence electrons. The van der Waals surface area contributed by atoms with Gasteiger partial charge in [-0.15, -0.1) is 0 Å². The number of aliphatic hydroxyl groups is 1. The molecular formula is C9H20O4. The van der Waals surface area contributed by atoms with E-state index in [1.807, 2.05) is 0 Å². The molecule has 0 aromatic carbocycles. The van der Waals surface area contributed by atoms with Crippen LogP contribution in [0, 0.1) is 0 Å². The molecule has 1 N–H and O–H groups in total. The molecule has 1 unspecified atom stereocenters. The molecule has 0 amide bonds. The molecule has 0 aromatic heterocycles. The summed E-state index contributed by atoms with van der Waals surface area (Å²) in [6.45, 7) is 2.01. The highest BCUT2D eigenvalue weighted by Gasteiger charge is 2.05. The lowest BCUT2D eigenvalue weighted by atomic mass is 10.3. The van der Waals surface area contributed by atoms with Gasteiger partial charge in [0.25, 0.3) is 0 Å². The van der Waals surface area contributed by atoms with Gasteiger partial charge in [-0.3, -0.25) is 0 Å². The Morgan fingerprint density at radius 3 is 2.46 bits per heavy atom. The number of unbranched alkanes of at least 4 members (excludes halogenated alkanes) is 1. The van der Waals surface area contributed by atoms with Crippen LogP contribution >= 0.6 is 0 Å². The summed E-state index contributed by atoms with van der Waals surface area (Å²) in [6, 6.07) is 0. The zero-order valence-electron chi connectivity index (χ0n) is 8.49. The van der Waals surface area contributed by atoms with Crippen LogP contribution in [0.5, 0.6) is 0 Å². The van der Waals surface area contributed by atoms with Crippen LogP contribution < -0.4 is 0 Å². The van der Waals surface area contributed by atoms with E-state index >= 15 is 0 Å². The highest BCUT2D eigenvalue weighted by molar-refractivity contribution is 4.53. The minimum atomic E-state index is 0.0131. The van der Waals surface area contributed by atoms with Gasteiger partial charge in [-0.25, -0.2) is 0 Å². The van der Waals surface area contributed by atoms with Crippen LogP contribution in [-0.2, 0) is 14.2 Å². The van der Waals surface area contributed by atoms with Crippen molar-refractivity contribution < 1.29 is 19.3 Å². The van der Waals surface area contributed by atoms with Crippen molar-refractivity contribution >= 4 is 0 Å². The van der Waals surface area contributed by atoms with Gasteiger partial charge in [0.15, 0.2) is 0 Å². The first-order valence-corrected chi connectivity index (χ1v) is 4.55. The van der Waals surface area contributed by atoms with Gasteiger partial charge in [0.1, 0.15) is 6.10 Å². The molecule has 0 heterocycles. The monoisotopic (exact) mass is 192 g/mol. The van der Waals surface area contributed by atoms with Crippen LogP contribution in [0.15, 0.2) is 0 Å². The van der Waals surface area contributed by atoms with E-state index in [2.05, 4.69) is 0 Å². The average Bonchev–Trinajstić information content (AvgIpc) is 2.16. The van der Waals surface area contributed by atoms with E-state index in [1.165, 1.54) is 0 Å². The van der Waals surface area contributed by atoms with Gasteiger partial charge in [-0.05, 0) is 12.8 Å². The Labute approximate surface area is 79.8 Å². The van der Waals surface area contributed by atoms with Gasteiger partial charge in [0, 0.05) is 27.4 Å². The van der Waals surface area contributed by atoms with E-state index in [9.17, 15) is 0 Å². The molecule has 0 aromatic rings. The molecule has 0 radical (unpaired) electrons. The molecule has 13 heavy (non-hydrogen) atoms. The Hall–Kier alpha value is -0.160. The van der Waals surface area contributed by atoms with Gasteiger partial charge in [0.05, 0.1) is 13.2 Å². The summed E-state index contributed by atoms with van der Waals surface area (Å²) in [7, 11) is 3.28. The van der Waals surface area contributed by atoms with Crippen molar-refractivity contribution in [2.24, 2.45) is 0 Å². The van der Waals surface area contributed by atoms with Crippen molar-refractivity contribution in [2.45, 2.75) is 18.9 Å². The third-order valence-electron chi connectivity index (χ3n) is 1.69. The smallest absolute Gasteiger partial charge is 0.104 e. The second kappa shape index (κ2) is 9.92. The molecule has 0 bridgehead atoms. The number of hydrogen-bond donors (Lipinski definition) is 1. The van der Waals surface area contributed by atoms with E-state index in [4.69, 9.17) is 19.3 Å². The highest BCUT2D eigenvalue weighted by atomic mass is 16.5. The maximum absolute atomic E-state index is 8.50. The summed E-state index contributed by atoms with van der Waals surface area (Å²) in [6.07, 6.45) is 1.70. The summed E-state index contributed by atoms with van der Waals surface area (Å²) in [5.74, 6) is 0. The first-order chi connectivity index (χ1) is 6.35. The van der Waals surface area contributed by atoms with E-state index in [1.54, 1.807) is 14.2 Å². The Morgan fingerprint density at radius 1 is 1.15 bits per heavy atom. The lowest BCUT2D eigenvalue weighted by molar-refractivity contribution is -0.0311. The molecule has 0 aliphatic rings. The molecule has 0 rings (SSSR count). The SMILES string of the molecule is COCC(COCCCCO)OC. The fourth-order valence-electron chi connectivity index (χ4n) is 0.901. The fraction of sp³-hybridized carbons (Fsp3) is 1.00. The van der Waals surface area contributed by atoms with Gasteiger partial charge < -0.3 is 19.3 Å². The molecule has 1 atom stereocenters. The van der Waals surface area contributed by atoms with E-state index in [-0.39, 0.29) is 12.7 Å². The Morgan fingerprint density at radius 2 is 1.92 bits per heavy atom. The lowest BCUT2D eigenvalue weighted by Crippen LogP contribution is -2.23. The molecule has 0 aliphatic heterocycles. The van der Waals surface area contributed by atoms with Crippen LogP contribution in [0.25, 0.3) is 0 Å². The van der Waals surface area contributed by atoms with Crippen molar-refractivity contribution in [3.05, 3.63) is 0 Å². The summed E-state index contributed by atoms with van der Waals surface area (Å²) >= 11 is 0. The molecule has 0 fully saturated rings.